The largest absolute Gasteiger partial charge is 0.384 e. The summed E-state index contributed by atoms with van der Waals surface area (Å²) in [6, 6.07) is 18.6. The molecule has 0 aliphatic carbocycles. The second-order valence-corrected chi connectivity index (χ2v) is 6.99. The molecule has 0 aliphatic heterocycles. The van der Waals surface area contributed by atoms with Gasteiger partial charge in [-0.25, -0.2) is 0 Å². The number of anilines is 1. The maximum Gasteiger partial charge on any atom is 0.259 e. The van der Waals surface area contributed by atoms with Crippen LogP contribution in [-0.4, -0.2) is 16.5 Å². The van der Waals surface area contributed by atoms with Gasteiger partial charge in [0.1, 0.15) is 0 Å². The van der Waals surface area contributed by atoms with Gasteiger partial charge in [0.2, 0.25) is 0 Å². The Morgan fingerprint density at radius 3 is 2.63 bits per heavy atom. The van der Waals surface area contributed by atoms with Crippen molar-refractivity contribution in [1.82, 2.24) is 9.97 Å². The number of aromatic amines is 2. The Bertz CT molecular complexity index is 1140. The van der Waals surface area contributed by atoms with Crippen molar-refractivity contribution in [3.8, 4) is 11.3 Å². The number of benzene rings is 2. The molecule has 4 aromatic rings. The van der Waals surface area contributed by atoms with Gasteiger partial charge in [-0.05, 0) is 49.6 Å². The number of nitrogens with one attached hydrogen (secondary N) is 3. The summed E-state index contributed by atoms with van der Waals surface area (Å²) in [7, 11) is 0. The van der Waals surface area contributed by atoms with Crippen LogP contribution in [0.1, 0.15) is 16.7 Å². The maximum absolute atomic E-state index is 12.6. The second kappa shape index (κ2) is 7.16. The molecule has 3 N–H and O–H groups in total. The highest BCUT2D eigenvalue weighted by Gasteiger charge is 2.13. The number of aryl methyl sites for hydroxylation is 2. The van der Waals surface area contributed by atoms with Gasteiger partial charge >= 0.3 is 0 Å². The first-order chi connectivity index (χ1) is 13.1. The molecular formula is C23H23N3O. The molecule has 4 nitrogen and oxygen atoms in total. The minimum absolute atomic E-state index is 0.0966. The minimum atomic E-state index is -0.0966. The number of H-pyrrole nitrogens is 2. The molecule has 0 unspecified atom stereocenters. The standard InChI is InChI=1S/C23H23N3O/c1-15-12-16(2)22-18(13-15)14-20(26-22)21-19(9-11-25-23(21)27)24-10-8-17-6-4-3-5-7-17/h3-7,9,11-14,26H,8,10H2,1-2H3,(H2,24,25,27). The van der Waals surface area contributed by atoms with E-state index in [2.05, 4.69) is 59.5 Å². The maximum atomic E-state index is 12.6. The van der Waals surface area contributed by atoms with Crippen molar-refractivity contribution in [2.24, 2.45) is 0 Å². The van der Waals surface area contributed by atoms with Gasteiger partial charge in [0.05, 0.1) is 16.9 Å². The zero-order chi connectivity index (χ0) is 18.8. The topological polar surface area (TPSA) is 60.7 Å². The fourth-order valence-corrected chi connectivity index (χ4v) is 3.63. The molecular weight excluding hydrogens is 334 g/mol. The molecule has 4 rings (SSSR count). The Kier molecular flexibility index (Phi) is 4.55. The van der Waals surface area contributed by atoms with Crippen LogP contribution in [0.5, 0.6) is 0 Å². The van der Waals surface area contributed by atoms with E-state index in [0.717, 1.165) is 35.2 Å². The number of hydrogen-bond donors (Lipinski definition) is 3. The molecule has 0 bridgehead atoms. The lowest BCUT2D eigenvalue weighted by atomic mass is 10.1. The number of rotatable bonds is 5. The van der Waals surface area contributed by atoms with Crippen molar-refractivity contribution in [2.45, 2.75) is 20.3 Å². The minimum Gasteiger partial charge on any atom is -0.384 e. The monoisotopic (exact) mass is 357 g/mol. The average Bonchev–Trinajstić information content (AvgIpc) is 3.06. The van der Waals surface area contributed by atoms with Crippen molar-refractivity contribution in [3.63, 3.8) is 0 Å². The van der Waals surface area contributed by atoms with E-state index in [1.807, 2.05) is 24.3 Å². The number of fused-ring (bicyclic) bond motifs is 1. The van der Waals surface area contributed by atoms with E-state index in [-0.39, 0.29) is 5.56 Å². The lowest BCUT2D eigenvalue weighted by Gasteiger charge is -2.10. The number of hydrogen-bond acceptors (Lipinski definition) is 2. The molecule has 0 saturated heterocycles. The first-order valence-corrected chi connectivity index (χ1v) is 9.21. The first-order valence-electron chi connectivity index (χ1n) is 9.21. The average molecular weight is 357 g/mol. The molecule has 0 spiro atoms. The number of pyridine rings is 1. The third kappa shape index (κ3) is 3.51. The molecule has 2 aromatic heterocycles. The van der Waals surface area contributed by atoms with Gasteiger partial charge in [-0.15, -0.1) is 0 Å². The first kappa shape index (κ1) is 17.2. The van der Waals surface area contributed by atoms with Crippen molar-refractivity contribution < 1.29 is 0 Å². The van der Waals surface area contributed by atoms with Crippen molar-refractivity contribution >= 4 is 16.6 Å². The highest BCUT2D eigenvalue weighted by Crippen LogP contribution is 2.29. The van der Waals surface area contributed by atoms with Crippen LogP contribution in [0.15, 0.2) is 65.6 Å². The molecule has 0 aliphatic rings. The van der Waals surface area contributed by atoms with Crippen LogP contribution >= 0.6 is 0 Å². The fraction of sp³-hybridized carbons (Fsp3) is 0.174. The summed E-state index contributed by atoms with van der Waals surface area (Å²) in [4.78, 5) is 18.8. The molecule has 2 heterocycles. The van der Waals surface area contributed by atoms with E-state index in [9.17, 15) is 4.79 Å². The van der Waals surface area contributed by atoms with Gasteiger partial charge < -0.3 is 15.3 Å². The molecule has 0 saturated carbocycles. The lowest BCUT2D eigenvalue weighted by Crippen LogP contribution is -2.14. The quantitative estimate of drug-likeness (QED) is 0.481. The van der Waals surface area contributed by atoms with Crippen LogP contribution in [0.25, 0.3) is 22.2 Å². The smallest absolute Gasteiger partial charge is 0.259 e. The third-order valence-electron chi connectivity index (χ3n) is 4.87. The van der Waals surface area contributed by atoms with E-state index in [1.54, 1.807) is 6.20 Å². The van der Waals surface area contributed by atoms with E-state index < -0.39 is 0 Å². The highest BCUT2D eigenvalue weighted by molar-refractivity contribution is 5.90. The molecule has 0 atom stereocenters. The molecule has 136 valence electrons. The van der Waals surface area contributed by atoms with E-state index in [4.69, 9.17) is 0 Å². The van der Waals surface area contributed by atoms with Crippen LogP contribution < -0.4 is 10.9 Å². The van der Waals surface area contributed by atoms with Crippen molar-refractivity contribution in [3.05, 3.63) is 87.8 Å². The van der Waals surface area contributed by atoms with Gasteiger partial charge in [-0.1, -0.05) is 42.0 Å². The second-order valence-electron chi connectivity index (χ2n) is 6.99. The Labute approximate surface area is 158 Å². The Morgan fingerprint density at radius 2 is 1.81 bits per heavy atom. The summed E-state index contributed by atoms with van der Waals surface area (Å²) in [6.45, 7) is 4.94. The molecule has 2 aromatic carbocycles. The zero-order valence-electron chi connectivity index (χ0n) is 15.6. The Balaban J connectivity index is 1.67. The van der Waals surface area contributed by atoms with Crippen LogP contribution in [0.4, 0.5) is 5.69 Å². The molecule has 4 heteroatoms. The van der Waals surface area contributed by atoms with Gasteiger partial charge in [-0.3, -0.25) is 4.79 Å². The summed E-state index contributed by atoms with van der Waals surface area (Å²) >= 11 is 0. The van der Waals surface area contributed by atoms with Crippen LogP contribution in [0.3, 0.4) is 0 Å². The SMILES string of the molecule is Cc1cc(C)c2[nH]c(-c3c(NCCc4ccccc4)cc[nH]c3=O)cc2c1. The van der Waals surface area contributed by atoms with E-state index in [1.165, 1.54) is 16.7 Å². The van der Waals surface area contributed by atoms with Gasteiger partial charge in [0.15, 0.2) is 0 Å². The Morgan fingerprint density at radius 1 is 1.00 bits per heavy atom. The van der Waals surface area contributed by atoms with Crippen LogP contribution in [-0.2, 0) is 6.42 Å². The zero-order valence-corrected chi connectivity index (χ0v) is 15.6. The third-order valence-corrected chi connectivity index (χ3v) is 4.87. The highest BCUT2D eigenvalue weighted by atomic mass is 16.1. The van der Waals surface area contributed by atoms with E-state index >= 15 is 0 Å². The molecule has 27 heavy (non-hydrogen) atoms. The summed E-state index contributed by atoms with van der Waals surface area (Å²) < 4.78 is 0. The predicted molar refractivity (Wildman–Crippen MR) is 112 cm³/mol. The van der Waals surface area contributed by atoms with Crippen LogP contribution in [0, 0.1) is 13.8 Å². The van der Waals surface area contributed by atoms with Crippen molar-refractivity contribution in [1.29, 1.82) is 0 Å². The summed E-state index contributed by atoms with van der Waals surface area (Å²) in [5, 5.41) is 4.56. The van der Waals surface area contributed by atoms with Crippen LogP contribution in [0.2, 0.25) is 0 Å². The summed E-state index contributed by atoms with van der Waals surface area (Å²) in [5.41, 5.74) is 6.98. The van der Waals surface area contributed by atoms with Crippen molar-refractivity contribution in [2.75, 3.05) is 11.9 Å². The van der Waals surface area contributed by atoms with Gasteiger partial charge in [0.25, 0.3) is 5.56 Å². The summed E-state index contributed by atoms with van der Waals surface area (Å²) in [5.74, 6) is 0. The Hall–Kier alpha value is -3.27. The fourth-order valence-electron chi connectivity index (χ4n) is 3.63. The normalized spacial score (nSPS) is 11.0. The van der Waals surface area contributed by atoms with E-state index in [0.29, 0.717) is 5.56 Å². The molecule has 0 amide bonds. The molecule has 0 radical (unpaired) electrons. The lowest BCUT2D eigenvalue weighted by molar-refractivity contribution is 1.02. The van der Waals surface area contributed by atoms with Gasteiger partial charge in [-0.2, -0.15) is 0 Å². The number of aromatic nitrogens is 2. The summed E-state index contributed by atoms with van der Waals surface area (Å²) in [6.07, 6.45) is 2.59. The predicted octanol–water partition coefficient (Wildman–Crippen LogP) is 4.79. The molecule has 0 fully saturated rings. The van der Waals surface area contributed by atoms with Gasteiger partial charge in [0, 0.05) is 23.6 Å².